The Morgan fingerprint density at radius 3 is 2.19 bits per heavy atom. The molecule has 0 aliphatic rings. The molecule has 0 amide bonds. The molecule has 1 heterocycles. The van der Waals surface area contributed by atoms with Gasteiger partial charge in [0.15, 0.2) is 15.0 Å². The molecule has 4 rings (SSSR count). The van der Waals surface area contributed by atoms with Gasteiger partial charge in [0, 0.05) is 11.4 Å². The Morgan fingerprint density at radius 2 is 1.44 bits per heavy atom. The highest BCUT2D eigenvalue weighted by Crippen LogP contribution is 2.28. The van der Waals surface area contributed by atoms with E-state index < -0.39 is 9.84 Å². The van der Waals surface area contributed by atoms with Crippen LogP contribution in [-0.2, 0) is 9.84 Å². The third-order valence-corrected chi connectivity index (χ3v) is 7.16. The molecule has 0 unspecified atom stereocenters. The van der Waals surface area contributed by atoms with Gasteiger partial charge in [-0.2, -0.15) is 0 Å². The molecule has 1 aromatic heterocycles. The third kappa shape index (κ3) is 3.77. The first-order valence-corrected chi connectivity index (χ1v) is 11.2. The molecule has 0 atom stereocenters. The zero-order chi connectivity index (χ0) is 18.7. The number of imidazole rings is 1. The van der Waals surface area contributed by atoms with E-state index in [1.165, 1.54) is 11.8 Å². The van der Waals surface area contributed by atoms with Crippen LogP contribution in [0.4, 0.5) is 0 Å². The van der Waals surface area contributed by atoms with Crippen LogP contribution in [0.1, 0.15) is 0 Å². The molecule has 4 nitrogen and oxygen atoms in total. The quantitative estimate of drug-likeness (QED) is 0.449. The number of aromatic nitrogens is 2. The summed E-state index contributed by atoms with van der Waals surface area (Å²) in [7, 11) is -3.30. The molecule has 0 saturated heterocycles. The minimum Gasteiger partial charge on any atom is -0.287 e. The first-order chi connectivity index (χ1) is 13.1. The summed E-state index contributed by atoms with van der Waals surface area (Å²) < 4.78 is 27.1. The van der Waals surface area contributed by atoms with E-state index in [0.717, 1.165) is 21.9 Å². The van der Waals surface area contributed by atoms with Crippen molar-refractivity contribution in [2.75, 3.05) is 11.5 Å². The lowest BCUT2D eigenvalue weighted by Crippen LogP contribution is -2.09. The minimum atomic E-state index is -3.30. The summed E-state index contributed by atoms with van der Waals surface area (Å²) in [6.45, 7) is 0. The van der Waals surface area contributed by atoms with Crippen molar-refractivity contribution >= 4 is 32.6 Å². The largest absolute Gasteiger partial charge is 0.287 e. The highest BCUT2D eigenvalue weighted by atomic mass is 32.2. The van der Waals surface area contributed by atoms with Crippen LogP contribution < -0.4 is 0 Å². The van der Waals surface area contributed by atoms with Gasteiger partial charge in [0.05, 0.1) is 21.7 Å². The lowest BCUT2D eigenvalue weighted by atomic mass is 10.3. The average molecular weight is 395 g/mol. The highest BCUT2D eigenvalue weighted by Gasteiger charge is 2.16. The highest BCUT2D eigenvalue weighted by molar-refractivity contribution is 8.00. The molecule has 136 valence electrons. The third-order valence-electron chi connectivity index (χ3n) is 4.23. The van der Waals surface area contributed by atoms with Crippen molar-refractivity contribution in [1.29, 1.82) is 0 Å². The number of hydrogen-bond acceptors (Lipinski definition) is 4. The molecule has 0 aliphatic heterocycles. The van der Waals surface area contributed by atoms with Crippen LogP contribution in [-0.4, -0.2) is 29.5 Å². The predicted octanol–water partition coefficient (Wildman–Crippen LogP) is 4.59. The Morgan fingerprint density at radius 1 is 0.815 bits per heavy atom. The maximum absolute atomic E-state index is 12.5. The van der Waals surface area contributed by atoms with Gasteiger partial charge < -0.3 is 0 Å². The molecule has 0 bridgehead atoms. The molecule has 27 heavy (non-hydrogen) atoms. The summed E-state index contributed by atoms with van der Waals surface area (Å²) >= 11 is 1.46. The average Bonchev–Trinajstić information content (AvgIpc) is 3.07. The Kier molecular flexibility index (Phi) is 5.01. The van der Waals surface area contributed by atoms with Crippen LogP contribution in [0, 0.1) is 0 Å². The summed E-state index contributed by atoms with van der Waals surface area (Å²) in [5.74, 6) is 0.507. The molecule has 0 fully saturated rings. The zero-order valence-corrected chi connectivity index (χ0v) is 16.2. The number of hydrogen-bond donors (Lipinski definition) is 0. The molecule has 0 saturated carbocycles. The second kappa shape index (κ2) is 7.58. The zero-order valence-electron chi connectivity index (χ0n) is 14.5. The fourth-order valence-corrected chi connectivity index (χ4v) is 5.61. The maximum atomic E-state index is 12.5. The SMILES string of the molecule is O=S(=O)(CCSc1nc2ccccc2n1-c1ccccc1)c1ccccc1. The van der Waals surface area contributed by atoms with E-state index in [4.69, 9.17) is 4.98 Å². The van der Waals surface area contributed by atoms with E-state index in [9.17, 15) is 8.42 Å². The van der Waals surface area contributed by atoms with E-state index >= 15 is 0 Å². The van der Waals surface area contributed by atoms with Crippen molar-refractivity contribution in [3.63, 3.8) is 0 Å². The molecule has 6 heteroatoms. The van der Waals surface area contributed by atoms with E-state index in [2.05, 4.69) is 4.57 Å². The topological polar surface area (TPSA) is 52.0 Å². The van der Waals surface area contributed by atoms with Gasteiger partial charge >= 0.3 is 0 Å². The molecular formula is C21H18N2O2S2. The molecule has 0 spiro atoms. The fraction of sp³-hybridized carbons (Fsp3) is 0.0952. The van der Waals surface area contributed by atoms with Gasteiger partial charge in [-0.3, -0.25) is 4.57 Å². The summed E-state index contributed by atoms with van der Waals surface area (Å²) in [5, 5.41) is 0.797. The second-order valence-electron chi connectivity index (χ2n) is 6.03. The summed E-state index contributed by atoms with van der Waals surface area (Å²) in [6, 6.07) is 26.5. The number of benzene rings is 3. The number of fused-ring (bicyclic) bond motifs is 1. The van der Waals surface area contributed by atoms with Crippen LogP contribution >= 0.6 is 11.8 Å². The first kappa shape index (κ1) is 17.8. The van der Waals surface area contributed by atoms with Crippen LogP contribution in [0.15, 0.2) is 95.0 Å². The number of rotatable bonds is 6. The number of sulfone groups is 1. The maximum Gasteiger partial charge on any atom is 0.179 e. The van der Waals surface area contributed by atoms with E-state index in [-0.39, 0.29) is 5.75 Å². The number of thioether (sulfide) groups is 1. The van der Waals surface area contributed by atoms with Crippen molar-refractivity contribution < 1.29 is 8.42 Å². The van der Waals surface area contributed by atoms with Gasteiger partial charge in [-0.25, -0.2) is 13.4 Å². The molecule has 0 radical (unpaired) electrons. The molecule has 0 aliphatic carbocycles. The van der Waals surface area contributed by atoms with Crippen LogP contribution in [0.3, 0.4) is 0 Å². The fourth-order valence-electron chi connectivity index (χ4n) is 2.92. The Balaban J connectivity index is 1.61. The van der Waals surface area contributed by atoms with Gasteiger partial charge in [-0.15, -0.1) is 0 Å². The Bertz CT molecular complexity index is 1150. The van der Waals surface area contributed by atoms with Crippen molar-refractivity contribution in [3.8, 4) is 5.69 Å². The Hall–Kier alpha value is -2.57. The summed E-state index contributed by atoms with van der Waals surface area (Å²) in [6.07, 6.45) is 0. The number of para-hydroxylation sites is 3. The van der Waals surface area contributed by atoms with Gasteiger partial charge in [-0.1, -0.05) is 60.3 Å². The van der Waals surface area contributed by atoms with Crippen LogP contribution in [0.2, 0.25) is 0 Å². The summed E-state index contributed by atoms with van der Waals surface area (Å²) in [5.41, 5.74) is 2.92. The van der Waals surface area contributed by atoms with Gasteiger partial charge in [0.2, 0.25) is 0 Å². The van der Waals surface area contributed by atoms with E-state index in [1.54, 1.807) is 24.3 Å². The molecule has 0 N–H and O–H groups in total. The van der Waals surface area contributed by atoms with Crippen molar-refractivity contribution in [2.45, 2.75) is 10.1 Å². The van der Waals surface area contributed by atoms with E-state index in [0.29, 0.717) is 10.6 Å². The van der Waals surface area contributed by atoms with Gasteiger partial charge in [0.1, 0.15) is 0 Å². The molecular weight excluding hydrogens is 376 g/mol. The second-order valence-corrected chi connectivity index (χ2v) is 9.21. The lowest BCUT2D eigenvalue weighted by Gasteiger charge is -2.09. The predicted molar refractivity (Wildman–Crippen MR) is 110 cm³/mol. The number of nitrogens with zero attached hydrogens (tertiary/aromatic N) is 2. The van der Waals surface area contributed by atoms with E-state index in [1.807, 2.05) is 60.7 Å². The normalized spacial score (nSPS) is 11.7. The lowest BCUT2D eigenvalue weighted by molar-refractivity contribution is 0.597. The standard InChI is InChI=1S/C21H18N2O2S2/c24-27(25,18-11-5-2-6-12-18)16-15-26-21-22-19-13-7-8-14-20(19)23(21)17-9-3-1-4-10-17/h1-14H,15-16H2. The smallest absolute Gasteiger partial charge is 0.179 e. The summed E-state index contributed by atoms with van der Waals surface area (Å²) in [4.78, 5) is 5.08. The monoisotopic (exact) mass is 394 g/mol. The molecule has 3 aromatic carbocycles. The minimum absolute atomic E-state index is 0.0691. The van der Waals surface area contributed by atoms with Crippen molar-refractivity contribution in [3.05, 3.63) is 84.9 Å². The van der Waals surface area contributed by atoms with Crippen molar-refractivity contribution in [2.24, 2.45) is 0 Å². The first-order valence-electron chi connectivity index (χ1n) is 8.59. The van der Waals surface area contributed by atoms with Crippen LogP contribution in [0.25, 0.3) is 16.7 Å². The van der Waals surface area contributed by atoms with Crippen LogP contribution in [0.5, 0.6) is 0 Å². The molecule has 4 aromatic rings. The van der Waals surface area contributed by atoms with Gasteiger partial charge in [-0.05, 0) is 36.4 Å². The Labute approximate surface area is 162 Å². The van der Waals surface area contributed by atoms with Crippen molar-refractivity contribution in [1.82, 2.24) is 9.55 Å². The van der Waals surface area contributed by atoms with Gasteiger partial charge in [0.25, 0.3) is 0 Å².